The highest BCUT2D eigenvalue weighted by Crippen LogP contribution is 2.10. The number of likely N-dealkylation sites (N-methyl/N-ethyl adjacent to an activating group) is 1. The Labute approximate surface area is 86.9 Å². The summed E-state index contributed by atoms with van der Waals surface area (Å²) in [7, 11) is 1.64. The third-order valence-corrected chi connectivity index (χ3v) is 2.03. The van der Waals surface area contributed by atoms with Gasteiger partial charge in [-0.3, -0.25) is 9.78 Å². The minimum absolute atomic E-state index is 0.0195. The van der Waals surface area contributed by atoms with Gasteiger partial charge in [0.15, 0.2) is 5.15 Å². The van der Waals surface area contributed by atoms with Crippen LogP contribution in [0.1, 0.15) is 5.69 Å². The summed E-state index contributed by atoms with van der Waals surface area (Å²) in [4.78, 5) is 20.4. The fourth-order valence-corrected chi connectivity index (χ4v) is 1.09. The SMILES string of the molecule is CN(Cc1nccnc1Cl)C(=O)CN. The average Bonchev–Trinajstić information content (AvgIpc) is 2.20. The molecular weight excluding hydrogens is 204 g/mol. The van der Waals surface area contributed by atoms with Crippen LogP contribution in [0.25, 0.3) is 0 Å². The van der Waals surface area contributed by atoms with Crippen molar-refractivity contribution in [1.82, 2.24) is 14.9 Å². The molecule has 0 bridgehead atoms. The van der Waals surface area contributed by atoms with Crippen LogP contribution >= 0.6 is 11.6 Å². The van der Waals surface area contributed by atoms with Crippen molar-refractivity contribution >= 4 is 17.5 Å². The normalized spacial score (nSPS) is 9.93. The zero-order valence-corrected chi connectivity index (χ0v) is 8.53. The first-order chi connectivity index (χ1) is 6.65. The molecule has 0 saturated carbocycles. The van der Waals surface area contributed by atoms with Gasteiger partial charge in [-0.2, -0.15) is 0 Å². The molecule has 0 spiro atoms. The van der Waals surface area contributed by atoms with Crippen LogP contribution in [-0.4, -0.2) is 34.4 Å². The molecule has 0 aliphatic rings. The molecule has 0 atom stereocenters. The van der Waals surface area contributed by atoms with Crippen LogP contribution in [-0.2, 0) is 11.3 Å². The van der Waals surface area contributed by atoms with Gasteiger partial charge in [0.25, 0.3) is 0 Å². The average molecular weight is 215 g/mol. The topological polar surface area (TPSA) is 72.1 Å². The van der Waals surface area contributed by atoms with Crippen molar-refractivity contribution in [3.05, 3.63) is 23.2 Å². The summed E-state index contributed by atoms with van der Waals surface area (Å²) in [5.74, 6) is -0.160. The summed E-state index contributed by atoms with van der Waals surface area (Å²) in [6.45, 7) is 0.303. The van der Waals surface area contributed by atoms with E-state index in [0.29, 0.717) is 17.4 Å². The number of carbonyl (C=O) groups is 1. The van der Waals surface area contributed by atoms with Crippen LogP contribution < -0.4 is 5.73 Å². The third kappa shape index (κ3) is 2.65. The predicted molar refractivity (Wildman–Crippen MR) is 52.6 cm³/mol. The van der Waals surface area contributed by atoms with Crippen molar-refractivity contribution in [3.8, 4) is 0 Å². The standard InChI is InChI=1S/C8H11ClN4O/c1-13(7(14)4-10)5-6-8(9)12-3-2-11-6/h2-3H,4-5,10H2,1H3. The molecule has 1 amide bonds. The summed E-state index contributed by atoms with van der Waals surface area (Å²) < 4.78 is 0. The molecule has 1 aromatic rings. The lowest BCUT2D eigenvalue weighted by atomic mass is 10.4. The Morgan fingerprint density at radius 1 is 1.57 bits per heavy atom. The second-order valence-corrected chi connectivity index (χ2v) is 3.11. The minimum Gasteiger partial charge on any atom is -0.339 e. The molecule has 0 aliphatic carbocycles. The highest BCUT2D eigenvalue weighted by molar-refractivity contribution is 6.29. The highest BCUT2D eigenvalue weighted by Gasteiger charge is 2.10. The molecule has 0 aromatic carbocycles. The van der Waals surface area contributed by atoms with E-state index in [1.165, 1.54) is 17.3 Å². The van der Waals surface area contributed by atoms with Gasteiger partial charge in [-0.05, 0) is 0 Å². The smallest absolute Gasteiger partial charge is 0.236 e. The number of hydrogen-bond donors (Lipinski definition) is 1. The van der Waals surface area contributed by atoms with Gasteiger partial charge in [-0.15, -0.1) is 0 Å². The van der Waals surface area contributed by atoms with Crippen molar-refractivity contribution in [1.29, 1.82) is 0 Å². The molecule has 1 rings (SSSR count). The van der Waals surface area contributed by atoms with Gasteiger partial charge in [-0.25, -0.2) is 4.98 Å². The molecule has 0 fully saturated rings. The Morgan fingerprint density at radius 2 is 2.21 bits per heavy atom. The largest absolute Gasteiger partial charge is 0.339 e. The maximum absolute atomic E-state index is 11.1. The van der Waals surface area contributed by atoms with Crippen molar-refractivity contribution in [2.45, 2.75) is 6.54 Å². The fourth-order valence-electron chi connectivity index (χ4n) is 0.925. The van der Waals surface area contributed by atoms with Crippen LogP contribution in [0.3, 0.4) is 0 Å². The van der Waals surface area contributed by atoms with E-state index in [-0.39, 0.29) is 12.5 Å². The Balaban J connectivity index is 2.69. The molecule has 0 unspecified atom stereocenters. The zero-order chi connectivity index (χ0) is 10.6. The van der Waals surface area contributed by atoms with Crippen LogP contribution in [0.15, 0.2) is 12.4 Å². The lowest BCUT2D eigenvalue weighted by Crippen LogP contribution is -2.32. The molecule has 14 heavy (non-hydrogen) atoms. The molecule has 1 heterocycles. The summed E-state index contributed by atoms with van der Waals surface area (Å²) in [5, 5.41) is 0.309. The van der Waals surface area contributed by atoms with E-state index in [0.717, 1.165) is 0 Å². The van der Waals surface area contributed by atoms with E-state index in [9.17, 15) is 4.79 Å². The van der Waals surface area contributed by atoms with E-state index >= 15 is 0 Å². The predicted octanol–water partition coefficient (Wildman–Crippen LogP) is 0.0471. The number of aromatic nitrogens is 2. The number of hydrogen-bond acceptors (Lipinski definition) is 4. The molecule has 2 N–H and O–H groups in total. The van der Waals surface area contributed by atoms with Gasteiger partial charge in [0.05, 0.1) is 18.8 Å². The Morgan fingerprint density at radius 3 is 2.79 bits per heavy atom. The van der Waals surface area contributed by atoms with Gasteiger partial charge in [0.1, 0.15) is 0 Å². The first-order valence-electron chi connectivity index (χ1n) is 4.04. The van der Waals surface area contributed by atoms with Gasteiger partial charge >= 0.3 is 0 Å². The van der Waals surface area contributed by atoms with Crippen molar-refractivity contribution < 1.29 is 4.79 Å². The lowest BCUT2D eigenvalue weighted by Gasteiger charge is -2.15. The lowest BCUT2D eigenvalue weighted by molar-refractivity contribution is -0.128. The third-order valence-electron chi connectivity index (χ3n) is 1.71. The number of rotatable bonds is 3. The number of halogens is 1. The summed E-state index contributed by atoms with van der Waals surface area (Å²) in [5.41, 5.74) is 5.77. The van der Waals surface area contributed by atoms with E-state index < -0.39 is 0 Å². The zero-order valence-electron chi connectivity index (χ0n) is 7.77. The Kier molecular flexibility index (Phi) is 3.79. The first kappa shape index (κ1) is 10.9. The Bertz CT molecular complexity index is 331. The van der Waals surface area contributed by atoms with E-state index in [4.69, 9.17) is 17.3 Å². The monoisotopic (exact) mass is 214 g/mol. The van der Waals surface area contributed by atoms with Crippen molar-refractivity contribution in [3.63, 3.8) is 0 Å². The molecule has 1 aromatic heterocycles. The van der Waals surface area contributed by atoms with Crippen LogP contribution in [0.2, 0.25) is 5.15 Å². The highest BCUT2D eigenvalue weighted by atomic mass is 35.5. The van der Waals surface area contributed by atoms with Crippen molar-refractivity contribution in [2.24, 2.45) is 5.73 Å². The van der Waals surface area contributed by atoms with Crippen molar-refractivity contribution in [2.75, 3.05) is 13.6 Å². The number of carbonyl (C=O) groups excluding carboxylic acids is 1. The Hall–Kier alpha value is -1.20. The fraction of sp³-hybridized carbons (Fsp3) is 0.375. The quantitative estimate of drug-likeness (QED) is 0.772. The molecule has 5 nitrogen and oxygen atoms in total. The second-order valence-electron chi connectivity index (χ2n) is 2.75. The maximum atomic E-state index is 11.1. The molecular formula is C8H11ClN4O. The van der Waals surface area contributed by atoms with Gasteiger partial charge in [0, 0.05) is 19.4 Å². The number of nitrogens with zero attached hydrogens (tertiary/aromatic N) is 3. The maximum Gasteiger partial charge on any atom is 0.236 e. The first-order valence-corrected chi connectivity index (χ1v) is 4.42. The van der Waals surface area contributed by atoms with Gasteiger partial charge < -0.3 is 10.6 Å². The second kappa shape index (κ2) is 4.88. The van der Waals surface area contributed by atoms with Gasteiger partial charge in [-0.1, -0.05) is 11.6 Å². The van der Waals surface area contributed by atoms with Crippen LogP contribution in [0.4, 0.5) is 0 Å². The summed E-state index contributed by atoms with van der Waals surface area (Å²) in [6.07, 6.45) is 3.03. The molecule has 0 saturated heterocycles. The molecule has 6 heteroatoms. The summed E-state index contributed by atoms with van der Waals surface area (Å²) >= 11 is 5.77. The number of nitrogens with two attached hydrogens (primary N) is 1. The van der Waals surface area contributed by atoms with E-state index in [1.807, 2.05) is 0 Å². The van der Waals surface area contributed by atoms with Crippen LogP contribution in [0, 0.1) is 0 Å². The molecule has 76 valence electrons. The van der Waals surface area contributed by atoms with E-state index in [1.54, 1.807) is 7.05 Å². The van der Waals surface area contributed by atoms with Gasteiger partial charge in [0.2, 0.25) is 5.91 Å². The van der Waals surface area contributed by atoms with Crippen LogP contribution in [0.5, 0.6) is 0 Å². The molecule has 0 radical (unpaired) electrons. The summed E-state index contributed by atoms with van der Waals surface area (Å²) in [6, 6.07) is 0. The number of amides is 1. The van der Waals surface area contributed by atoms with E-state index in [2.05, 4.69) is 9.97 Å². The minimum atomic E-state index is -0.160. The molecule has 0 aliphatic heterocycles.